The number of oxime groups is 1. The lowest BCUT2D eigenvalue weighted by atomic mass is 9.72. The van der Waals surface area contributed by atoms with Crippen LogP contribution in [0.15, 0.2) is 34.7 Å². The molecule has 7 heterocycles. The van der Waals surface area contributed by atoms with Gasteiger partial charge in [0.25, 0.3) is 0 Å². The van der Waals surface area contributed by atoms with E-state index in [1.54, 1.807) is 24.2 Å². The Hall–Kier alpha value is -3.87. The van der Waals surface area contributed by atoms with Crippen molar-refractivity contribution in [2.24, 2.45) is 33.8 Å². The van der Waals surface area contributed by atoms with Gasteiger partial charge in [-0.2, -0.15) is 0 Å². The van der Waals surface area contributed by atoms with E-state index in [9.17, 15) is 14.7 Å². The van der Waals surface area contributed by atoms with Gasteiger partial charge >= 0.3 is 12.1 Å². The Bertz CT molecular complexity index is 1930. The van der Waals surface area contributed by atoms with Gasteiger partial charge in [-0.3, -0.25) is 19.7 Å². The molecule has 0 saturated carbocycles. The predicted octanol–water partition coefficient (Wildman–Crippen LogP) is 4.19. The van der Waals surface area contributed by atoms with Crippen LogP contribution in [-0.2, 0) is 44.7 Å². The lowest BCUT2D eigenvalue weighted by Gasteiger charge is -2.48. The molecule has 0 spiro atoms. The van der Waals surface area contributed by atoms with Crippen molar-refractivity contribution in [3.05, 3.63) is 30.2 Å². The summed E-state index contributed by atoms with van der Waals surface area (Å²) in [4.78, 5) is 56.0. The van der Waals surface area contributed by atoms with Gasteiger partial charge in [-0.25, -0.2) is 14.8 Å². The summed E-state index contributed by atoms with van der Waals surface area (Å²) < 4.78 is 39.8. The van der Waals surface area contributed by atoms with Gasteiger partial charge in [-0.15, -0.1) is 0 Å². The van der Waals surface area contributed by atoms with Gasteiger partial charge in [0, 0.05) is 42.5 Å². The molecule has 5 aliphatic heterocycles. The van der Waals surface area contributed by atoms with Crippen LogP contribution in [0.3, 0.4) is 0 Å². The zero-order valence-electron chi connectivity index (χ0n) is 36.6. The van der Waals surface area contributed by atoms with Crippen LogP contribution >= 0.6 is 0 Å². The number of aromatic nitrogens is 3. The van der Waals surface area contributed by atoms with Crippen molar-refractivity contribution in [1.82, 2.24) is 24.8 Å². The third-order valence-electron chi connectivity index (χ3n) is 13.4. The second-order valence-corrected chi connectivity index (χ2v) is 18.0. The molecule has 5 aliphatic rings. The van der Waals surface area contributed by atoms with Crippen molar-refractivity contribution in [3.8, 4) is 0 Å². The third-order valence-corrected chi connectivity index (χ3v) is 13.4. The van der Waals surface area contributed by atoms with E-state index < -0.39 is 71.8 Å². The minimum absolute atomic E-state index is 0.000467. The SMILES string of the molecule is CC[C@@H]1OC(=O)[C@H](C)[C@H]2OCC(=NOCc3ccc4nccnc4n3)CO[C@](C)(C[C@@H](C)C3=NCCN4C(=O)O[C@@]1(C)[C@H]4[C@H]3C)[C@@H](O[C@H]1O[C@@H](C)C[C@@H](N(C)C)[C@@H]1O)[C@@H]2C. The second-order valence-electron chi connectivity index (χ2n) is 18.0. The lowest BCUT2D eigenvalue weighted by Crippen LogP contribution is -2.60. The molecular formula is C43H63N7O10. The van der Waals surface area contributed by atoms with Crippen molar-refractivity contribution in [1.29, 1.82) is 0 Å². The fourth-order valence-corrected chi connectivity index (χ4v) is 10.4. The minimum Gasteiger partial charge on any atom is -0.458 e. The number of cyclic esters (lactones) is 1. The molecule has 1 N–H and O–H groups in total. The van der Waals surface area contributed by atoms with E-state index in [1.807, 2.05) is 65.7 Å². The molecular weight excluding hydrogens is 775 g/mol. The van der Waals surface area contributed by atoms with Crippen LogP contribution in [-0.4, -0.2) is 154 Å². The number of aliphatic hydroxyl groups is 1. The van der Waals surface area contributed by atoms with Crippen molar-refractivity contribution in [3.63, 3.8) is 0 Å². The highest BCUT2D eigenvalue weighted by Gasteiger charge is 2.60. The number of esters is 1. The smallest absolute Gasteiger partial charge is 0.410 e. The number of hydrogen-bond acceptors (Lipinski definition) is 16. The van der Waals surface area contributed by atoms with Crippen molar-refractivity contribution < 1.29 is 48.0 Å². The van der Waals surface area contributed by atoms with Gasteiger partial charge in [0.2, 0.25) is 0 Å². The van der Waals surface area contributed by atoms with Crippen LogP contribution < -0.4 is 0 Å². The number of likely N-dealkylation sites (N-methyl/N-ethyl adjacent to an activating group) is 1. The van der Waals surface area contributed by atoms with Crippen molar-refractivity contribution in [2.45, 2.75) is 141 Å². The third kappa shape index (κ3) is 8.62. The topological polar surface area (TPSA) is 189 Å². The maximum absolute atomic E-state index is 14.5. The normalized spacial score (nSPS) is 39.9. The molecule has 17 nitrogen and oxygen atoms in total. The molecule has 60 heavy (non-hydrogen) atoms. The summed E-state index contributed by atoms with van der Waals surface area (Å²) >= 11 is 0. The Morgan fingerprint density at radius 1 is 1.05 bits per heavy atom. The average molecular weight is 838 g/mol. The molecule has 4 bridgehead atoms. The number of amides is 1. The molecule has 17 heteroatoms. The predicted molar refractivity (Wildman–Crippen MR) is 220 cm³/mol. The maximum atomic E-state index is 14.5. The summed E-state index contributed by atoms with van der Waals surface area (Å²) in [5, 5.41) is 16.3. The average Bonchev–Trinajstić information content (AvgIpc) is 3.36. The van der Waals surface area contributed by atoms with Gasteiger partial charge < -0.3 is 43.3 Å². The number of aliphatic hydroxyl groups excluding tert-OH is 1. The molecule has 1 amide bonds. The Balaban J connectivity index is 1.30. The van der Waals surface area contributed by atoms with E-state index in [4.69, 9.17) is 38.3 Å². The fourth-order valence-electron chi connectivity index (χ4n) is 10.4. The van der Waals surface area contributed by atoms with E-state index in [2.05, 4.69) is 34.0 Å². The molecule has 7 rings (SSSR count). The largest absolute Gasteiger partial charge is 0.458 e. The number of pyridine rings is 1. The van der Waals surface area contributed by atoms with Crippen molar-refractivity contribution in [2.75, 3.05) is 40.4 Å². The van der Waals surface area contributed by atoms with E-state index in [1.165, 1.54) is 0 Å². The number of aliphatic imine (C=N–C) groups is 1. The Kier molecular flexibility index (Phi) is 13.1. The maximum Gasteiger partial charge on any atom is 0.410 e. The molecule has 330 valence electrons. The molecule has 2 aromatic rings. The number of ether oxygens (including phenoxy) is 6. The first-order valence-electron chi connectivity index (χ1n) is 21.4. The van der Waals surface area contributed by atoms with Crippen LogP contribution in [0.1, 0.15) is 80.3 Å². The van der Waals surface area contributed by atoms with Gasteiger partial charge in [-0.1, -0.05) is 32.9 Å². The summed E-state index contributed by atoms with van der Waals surface area (Å²) in [6, 6.07) is 2.97. The molecule has 0 aromatic carbocycles. The van der Waals surface area contributed by atoms with Crippen LogP contribution in [0.2, 0.25) is 0 Å². The first-order chi connectivity index (χ1) is 28.5. The number of hydrogen-bond donors (Lipinski definition) is 1. The van der Waals surface area contributed by atoms with E-state index in [0.717, 1.165) is 5.71 Å². The number of carbonyl (C=O) groups excluding carboxylic acids is 2. The summed E-state index contributed by atoms with van der Waals surface area (Å²) in [5.41, 5.74) is 0.877. The van der Waals surface area contributed by atoms with Crippen LogP contribution in [0, 0.1) is 23.7 Å². The zero-order chi connectivity index (χ0) is 43.1. The quantitative estimate of drug-likeness (QED) is 0.309. The summed E-state index contributed by atoms with van der Waals surface area (Å²) in [6.45, 7) is 16.5. The standard InChI is InChI=1S/C43H63N7O10/c1-11-32-43(8)36-25(4)33(45-16-17-50(36)41(53)60-43)23(2)19-42(7)37(59-40-34(51)31(49(9)10)18-24(3)57-40)26(5)35(27(6)39(52)58-32)54-20-29(21-55-42)48-56-22-28-12-13-30-38(47-28)46-15-14-44-30/h12-15,23-27,31-32,34-37,40,51H,11,16-22H2,1-10H3/t23-,24+,25+,26-,27-,31-,32+,34+,35+,36-,37+,40-,42-,43-/m1/s1. The van der Waals surface area contributed by atoms with Gasteiger partial charge in [0.1, 0.15) is 23.4 Å². The Morgan fingerprint density at radius 3 is 2.57 bits per heavy atom. The summed E-state index contributed by atoms with van der Waals surface area (Å²) in [6.07, 6.45) is -0.342. The van der Waals surface area contributed by atoms with Crippen molar-refractivity contribution >= 4 is 34.6 Å². The number of nitrogens with zero attached hydrogens (tertiary/aromatic N) is 7. The highest BCUT2D eigenvalue weighted by atomic mass is 16.7. The number of rotatable bonds is 7. The number of fused-ring (bicyclic) bond motifs is 5. The van der Waals surface area contributed by atoms with Gasteiger partial charge in [-0.05, 0) is 79.1 Å². The van der Waals surface area contributed by atoms with E-state index in [-0.39, 0.29) is 43.8 Å². The molecule has 0 aliphatic carbocycles. The van der Waals surface area contributed by atoms with E-state index >= 15 is 0 Å². The molecule has 2 aromatic heterocycles. The molecule has 4 fully saturated rings. The summed E-state index contributed by atoms with van der Waals surface area (Å²) in [7, 11) is 3.87. The first-order valence-corrected chi connectivity index (χ1v) is 21.4. The second kappa shape index (κ2) is 17.8. The molecule has 0 radical (unpaired) electrons. The van der Waals surface area contributed by atoms with Crippen LogP contribution in [0.4, 0.5) is 4.79 Å². The van der Waals surface area contributed by atoms with Crippen LogP contribution in [0.5, 0.6) is 0 Å². The monoisotopic (exact) mass is 837 g/mol. The highest BCUT2D eigenvalue weighted by molar-refractivity contribution is 5.91. The Labute approximate surface area is 352 Å². The summed E-state index contributed by atoms with van der Waals surface area (Å²) in [5.74, 6) is -2.32. The number of carbonyl (C=O) groups is 2. The molecule has 4 saturated heterocycles. The molecule has 14 atom stereocenters. The highest BCUT2D eigenvalue weighted by Crippen LogP contribution is 2.45. The zero-order valence-corrected chi connectivity index (χ0v) is 36.6. The molecule has 0 unspecified atom stereocenters. The van der Waals surface area contributed by atoms with Crippen LogP contribution in [0.25, 0.3) is 11.2 Å². The fraction of sp³-hybridized carbons (Fsp3) is 0.744. The van der Waals surface area contributed by atoms with E-state index in [0.29, 0.717) is 54.9 Å². The Morgan fingerprint density at radius 2 is 1.82 bits per heavy atom. The van der Waals surface area contributed by atoms with Gasteiger partial charge in [0.15, 0.2) is 24.1 Å². The minimum atomic E-state index is -1.14. The van der Waals surface area contributed by atoms with Gasteiger partial charge in [0.05, 0.1) is 61.3 Å². The lowest BCUT2D eigenvalue weighted by molar-refractivity contribution is -0.302. The first kappa shape index (κ1) is 44.2.